The van der Waals surface area contributed by atoms with Crippen LogP contribution in [-0.4, -0.2) is 49.9 Å². The molecule has 0 bridgehead atoms. The van der Waals surface area contributed by atoms with E-state index >= 15 is 0 Å². The Balaban J connectivity index is 1.30. The molecule has 1 N–H and O–H groups in total. The highest BCUT2D eigenvalue weighted by molar-refractivity contribution is 7.89. The van der Waals surface area contributed by atoms with Crippen LogP contribution >= 0.6 is 11.3 Å². The average molecular weight is 474 g/mol. The first kappa shape index (κ1) is 22.4. The van der Waals surface area contributed by atoms with Crippen LogP contribution in [0.4, 0.5) is 0 Å². The summed E-state index contributed by atoms with van der Waals surface area (Å²) in [6.07, 6.45) is 0. The van der Waals surface area contributed by atoms with Gasteiger partial charge in [0.15, 0.2) is 0 Å². The Hall–Kier alpha value is -2.79. The highest BCUT2D eigenvalue weighted by Crippen LogP contribution is 2.18. The standard InChI is InChI=1S/C22H23N3O5S2/c26-22(18-3-5-20(6-4-18)30-14-19-15-31-16-24-19)23-13-17-1-7-21(8-2-17)32(27,28)25-9-11-29-12-10-25/h1-8,15-16H,9-14H2,(H,23,26). The first-order valence-electron chi connectivity index (χ1n) is 10.1. The van der Waals surface area contributed by atoms with Crippen molar-refractivity contribution in [1.82, 2.24) is 14.6 Å². The Labute approximate surface area is 190 Å². The van der Waals surface area contributed by atoms with Gasteiger partial charge in [0.05, 0.1) is 29.3 Å². The van der Waals surface area contributed by atoms with Crippen LogP contribution in [0, 0.1) is 0 Å². The van der Waals surface area contributed by atoms with E-state index in [0.29, 0.717) is 50.8 Å². The van der Waals surface area contributed by atoms with Gasteiger partial charge in [-0.2, -0.15) is 4.31 Å². The molecule has 0 radical (unpaired) electrons. The summed E-state index contributed by atoms with van der Waals surface area (Å²) in [5.74, 6) is 0.438. The number of thiazole rings is 1. The maximum atomic E-state index is 12.7. The largest absolute Gasteiger partial charge is 0.487 e. The molecular formula is C22H23N3O5S2. The molecular weight excluding hydrogens is 450 g/mol. The van der Waals surface area contributed by atoms with Crippen molar-refractivity contribution < 1.29 is 22.7 Å². The maximum absolute atomic E-state index is 12.7. The van der Waals surface area contributed by atoms with Gasteiger partial charge in [0.1, 0.15) is 12.4 Å². The number of nitrogens with one attached hydrogen (secondary N) is 1. The number of carbonyl (C=O) groups is 1. The number of hydrogen-bond acceptors (Lipinski definition) is 7. The Kier molecular flexibility index (Phi) is 7.15. The summed E-state index contributed by atoms with van der Waals surface area (Å²) in [7, 11) is -3.53. The van der Waals surface area contributed by atoms with Crippen molar-refractivity contribution in [3.8, 4) is 5.75 Å². The lowest BCUT2D eigenvalue weighted by atomic mass is 10.2. The quantitative estimate of drug-likeness (QED) is 0.540. The summed E-state index contributed by atoms with van der Waals surface area (Å²) >= 11 is 1.51. The summed E-state index contributed by atoms with van der Waals surface area (Å²) in [5.41, 5.74) is 3.93. The van der Waals surface area contributed by atoms with E-state index in [2.05, 4.69) is 10.3 Å². The van der Waals surface area contributed by atoms with Gasteiger partial charge in [0.25, 0.3) is 5.91 Å². The summed E-state index contributed by atoms with van der Waals surface area (Å²) in [6, 6.07) is 13.4. The molecule has 0 aliphatic carbocycles. The van der Waals surface area contributed by atoms with Gasteiger partial charge in [-0.15, -0.1) is 11.3 Å². The third-order valence-electron chi connectivity index (χ3n) is 4.97. The van der Waals surface area contributed by atoms with E-state index in [0.717, 1.165) is 11.3 Å². The van der Waals surface area contributed by atoms with E-state index in [-0.39, 0.29) is 10.8 Å². The van der Waals surface area contributed by atoms with Crippen molar-refractivity contribution in [2.24, 2.45) is 0 Å². The Morgan fingerprint density at radius 3 is 2.47 bits per heavy atom. The Morgan fingerprint density at radius 1 is 1.09 bits per heavy atom. The summed E-state index contributed by atoms with van der Waals surface area (Å²) in [4.78, 5) is 16.8. The molecule has 1 aromatic heterocycles. The molecule has 1 fully saturated rings. The van der Waals surface area contributed by atoms with E-state index in [4.69, 9.17) is 9.47 Å². The van der Waals surface area contributed by atoms with Crippen LogP contribution < -0.4 is 10.1 Å². The molecule has 168 valence electrons. The minimum absolute atomic E-state index is 0.221. The number of hydrogen-bond donors (Lipinski definition) is 1. The summed E-state index contributed by atoms with van der Waals surface area (Å²) in [6.45, 7) is 2.19. The highest BCUT2D eigenvalue weighted by atomic mass is 32.2. The Bertz CT molecular complexity index is 1130. The molecule has 1 amide bonds. The monoisotopic (exact) mass is 473 g/mol. The fourth-order valence-corrected chi connectivity index (χ4v) is 5.12. The predicted molar refractivity (Wildman–Crippen MR) is 120 cm³/mol. The minimum atomic E-state index is -3.53. The van der Waals surface area contributed by atoms with Crippen molar-refractivity contribution in [1.29, 1.82) is 0 Å². The highest BCUT2D eigenvalue weighted by Gasteiger charge is 2.26. The van der Waals surface area contributed by atoms with Gasteiger partial charge >= 0.3 is 0 Å². The van der Waals surface area contributed by atoms with Crippen LogP contribution in [0.25, 0.3) is 0 Å². The molecule has 1 aliphatic rings. The van der Waals surface area contributed by atoms with Crippen molar-refractivity contribution in [3.63, 3.8) is 0 Å². The molecule has 0 atom stereocenters. The van der Waals surface area contributed by atoms with Gasteiger partial charge in [0, 0.05) is 30.6 Å². The average Bonchev–Trinajstić information content (AvgIpc) is 3.36. The van der Waals surface area contributed by atoms with E-state index in [9.17, 15) is 13.2 Å². The van der Waals surface area contributed by atoms with Gasteiger partial charge in [0.2, 0.25) is 10.0 Å². The van der Waals surface area contributed by atoms with Crippen LogP contribution in [0.15, 0.2) is 64.3 Å². The lowest BCUT2D eigenvalue weighted by Gasteiger charge is -2.26. The molecule has 3 aromatic rings. The molecule has 2 aromatic carbocycles. The van der Waals surface area contributed by atoms with E-state index < -0.39 is 10.0 Å². The first-order valence-corrected chi connectivity index (χ1v) is 12.5. The van der Waals surface area contributed by atoms with Crippen molar-refractivity contribution in [2.45, 2.75) is 18.0 Å². The van der Waals surface area contributed by atoms with E-state index in [1.165, 1.54) is 15.6 Å². The third-order valence-corrected chi connectivity index (χ3v) is 7.52. The number of nitrogens with zero attached hydrogens (tertiary/aromatic N) is 2. The third kappa shape index (κ3) is 5.52. The van der Waals surface area contributed by atoms with E-state index in [1.807, 2.05) is 5.38 Å². The van der Waals surface area contributed by atoms with Crippen LogP contribution in [-0.2, 0) is 27.9 Å². The molecule has 32 heavy (non-hydrogen) atoms. The second-order valence-electron chi connectivity index (χ2n) is 7.14. The zero-order valence-electron chi connectivity index (χ0n) is 17.3. The molecule has 1 saturated heterocycles. The van der Waals surface area contributed by atoms with Crippen LogP contribution in [0.3, 0.4) is 0 Å². The van der Waals surface area contributed by atoms with Gasteiger partial charge in [-0.05, 0) is 42.0 Å². The zero-order valence-corrected chi connectivity index (χ0v) is 18.9. The van der Waals surface area contributed by atoms with Crippen molar-refractivity contribution >= 4 is 27.3 Å². The topological polar surface area (TPSA) is 97.8 Å². The molecule has 4 rings (SSSR count). The number of carbonyl (C=O) groups excluding carboxylic acids is 1. The fourth-order valence-electron chi connectivity index (χ4n) is 3.17. The van der Waals surface area contributed by atoms with Crippen molar-refractivity contribution in [3.05, 3.63) is 76.2 Å². The number of morpholine rings is 1. The molecule has 2 heterocycles. The normalized spacial score (nSPS) is 14.8. The second kappa shape index (κ2) is 10.2. The lowest BCUT2D eigenvalue weighted by molar-refractivity contribution is 0.0730. The first-order chi connectivity index (χ1) is 15.5. The van der Waals surface area contributed by atoms with Crippen LogP contribution in [0.5, 0.6) is 5.75 Å². The number of amides is 1. The van der Waals surface area contributed by atoms with Crippen LogP contribution in [0.1, 0.15) is 21.6 Å². The smallest absolute Gasteiger partial charge is 0.251 e. The molecule has 0 saturated carbocycles. The SMILES string of the molecule is O=C(NCc1ccc(S(=O)(=O)N2CCOCC2)cc1)c1ccc(OCc2cscn2)cc1. The zero-order chi connectivity index (χ0) is 22.4. The second-order valence-corrected chi connectivity index (χ2v) is 9.79. The van der Waals surface area contributed by atoms with E-state index in [1.54, 1.807) is 54.0 Å². The number of ether oxygens (including phenoxy) is 2. The van der Waals surface area contributed by atoms with Gasteiger partial charge in [-0.3, -0.25) is 4.79 Å². The Morgan fingerprint density at radius 2 is 1.81 bits per heavy atom. The summed E-state index contributed by atoms with van der Waals surface area (Å²) in [5, 5.41) is 4.77. The molecule has 0 spiro atoms. The van der Waals surface area contributed by atoms with Gasteiger partial charge < -0.3 is 14.8 Å². The number of sulfonamides is 1. The lowest BCUT2D eigenvalue weighted by Crippen LogP contribution is -2.40. The number of aromatic nitrogens is 1. The fraction of sp³-hybridized carbons (Fsp3) is 0.273. The number of rotatable bonds is 8. The number of benzene rings is 2. The molecule has 8 nitrogen and oxygen atoms in total. The predicted octanol–water partition coefficient (Wildman–Crippen LogP) is 2.67. The van der Waals surface area contributed by atoms with Crippen LogP contribution in [0.2, 0.25) is 0 Å². The molecule has 1 aliphatic heterocycles. The van der Waals surface area contributed by atoms with Crippen molar-refractivity contribution in [2.75, 3.05) is 26.3 Å². The maximum Gasteiger partial charge on any atom is 0.251 e. The minimum Gasteiger partial charge on any atom is -0.487 e. The summed E-state index contributed by atoms with van der Waals surface area (Å²) < 4.78 is 37.7. The van der Waals surface area contributed by atoms with Gasteiger partial charge in [-0.1, -0.05) is 12.1 Å². The van der Waals surface area contributed by atoms with Gasteiger partial charge in [-0.25, -0.2) is 13.4 Å². The molecule has 0 unspecified atom stereocenters. The molecule has 10 heteroatoms.